The number of Topliss-reactive ketones (excluding diaryl/α,β-unsaturated/α-hetero) is 1. The molecule has 29 heavy (non-hydrogen) atoms. The molecule has 0 aliphatic rings. The number of hydrogen-bond donors (Lipinski definition) is 0. The number of benzene rings is 3. The third-order valence-corrected chi connectivity index (χ3v) is 6.28. The van der Waals surface area contributed by atoms with E-state index in [2.05, 4.69) is 11.8 Å². The third kappa shape index (κ3) is 3.58. The fraction of sp³-hybridized carbons (Fsp3) is 0.0417. The van der Waals surface area contributed by atoms with Crippen molar-refractivity contribution in [2.24, 2.45) is 0 Å². The summed E-state index contributed by atoms with van der Waals surface area (Å²) in [7, 11) is -3.85. The first-order valence-corrected chi connectivity index (χ1v) is 10.4. The Labute approximate surface area is 169 Å². The van der Waals surface area contributed by atoms with Gasteiger partial charge in [-0.2, -0.15) is 0 Å². The summed E-state index contributed by atoms with van der Waals surface area (Å²) in [6.07, 6.45) is 1.36. The fourth-order valence-electron chi connectivity index (χ4n) is 3.07. The van der Waals surface area contributed by atoms with Crippen molar-refractivity contribution < 1.29 is 13.2 Å². The second-order valence-corrected chi connectivity index (χ2v) is 8.43. The summed E-state index contributed by atoms with van der Waals surface area (Å²) in [4.78, 5) is 12.9. The summed E-state index contributed by atoms with van der Waals surface area (Å²) in [6, 6.07) is 22.7. The van der Waals surface area contributed by atoms with Crippen molar-refractivity contribution in [2.75, 3.05) is 0 Å². The number of hydrogen-bond acceptors (Lipinski definition) is 3. The molecule has 0 spiro atoms. The number of aryl methyl sites for hydroxylation is 1. The number of rotatable bonds is 3. The molecule has 0 bridgehead atoms. The molecule has 0 aliphatic carbocycles. The van der Waals surface area contributed by atoms with E-state index in [0.29, 0.717) is 10.9 Å². The molecule has 3 aromatic carbocycles. The largest absolute Gasteiger partial charge is 0.279 e. The minimum Gasteiger partial charge on any atom is -0.279 e. The lowest BCUT2D eigenvalue weighted by molar-refractivity contribution is 0.105. The van der Waals surface area contributed by atoms with Crippen LogP contribution in [0.5, 0.6) is 0 Å². The van der Waals surface area contributed by atoms with Gasteiger partial charge in [-0.05, 0) is 43.2 Å². The summed E-state index contributed by atoms with van der Waals surface area (Å²) in [5.41, 5.74) is 2.39. The monoisotopic (exact) mass is 399 g/mol. The molecular weight excluding hydrogens is 382 g/mol. The smallest absolute Gasteiger partial charge is 0.268 e. The van der Waals surface area contributed by atoms with Gasteiger partial charge in [0.15, 0.2) is 0 Å². The van der Waals surface area contributed by atoms with Crippen LogP contribution in [0.3, 0.4) is 0 Å². The normalized spacial score (nSPS) is 11.1. The molecule has 0 N–H and O–H groups in total. The van der Waals surface area contributed by atoms with Crippen molar-refractivity contribution in [1.29, 1.82) is 0 Å². The number of nitrogens with zero attached hydrogens (tertiary/aromatic N) is 1. The molecule has 4 rings (SSSR count). The molecule has 0 unspecified atom stereocenters. The van der Waals surface area contributed by atoms with Crippen LogP contribution >= 0.6 is 0 Å². The Morgan fingerprint density at radius 3 is 2.24 bits per heavy atom. The van der Waals surface area contributed by atoms with Crippen LogP contribution in [0, 0.1) is 18.8 Å². The van der Waals surface area contributed by atoms with Crippen LogP contribution in [0.1, 0.15) is 21.5 Å². The second-order valence-electron chi connectivity index (χ2n) is 6.62. The predicted molar refractivity (Wildman–Crippen MR) is 113 cm³/mol. The Kier molecular flexibility index (Phi) is 4.79. The van der Waals surface area contributed by atoms with Gasteiger partial charge in [-0.25, -0.2) is 12.4 Å². The average Bonchev–Trinajstić information content (AvgIpc) is 3.14. The Balaban J connectivity index is 1.83. The zero-order valence-corrected chi connectivity index (χ0v) is 16.5. The van der Waals surface area contributed by atoms with E-state index in [-0.39, 0.29) is 10.5 Å². The minimum atomic E-state index is -3.85. The maximum Gasteiger partial charge on any atom is 0.268 e. The minimum absolute atomic E-state index is 0.165. The van der Waals surface area contributed by atoms with Gasteiger partial charge in [0.1, 0.15) is 0 Å². The Morgan fingerprint density at radius 2 is 1.52 bits per heavy atom. The van der Waals surface area contributed by atoms with Gasteiger partial charge in [0, 0.05) is 17.1 Å². The van der Waals surface area contributed by atoms with Crippen molar-refractivity contribution in [2.45, 2.75) is 11.8 Å². The van der Waals surface area contributed by atoms with E-state index in [1.807, 2.05) is 37.3 Å². The quantitative estimate of drug-likeness (QED) is 0.378. The van der Waals surface area contributed by atoms with E-state index in [0.717, 1.165) is 15.1 Å². The number of carbonyl (C=O) groups excluding carboxylic acids is 1. The van der Waals surface area contributed by atoms with Crippen molar-refractivity contribution in [3.8, 4) is 11.8 Å². The highest BCUT2D eigenvalue weighted by Crippen LogP contribution is 2.26. The molecule has 1 aromatic heterocycles. The van der Waals surface area contributed by atoms with Crippen LogP contribution in [-0.4, -0.2) is 18.2 Å². The SMILES string of the molecule is Cc1ccc(S(=O)(=O)n2cc(C(=O)C#Cc3ccccc3)c3ccccc32)cc1. The predicted octanol–water partition coefficient (Wildman–Crippen LogP) is 4.42. The van der Waals surface area contributed by atoms with Crippen molar-refractivity contribution in [3.63, 3.8) is 0 Å². The van der Waals surface area contributed by atoms with Gasteiger partial charge in [0.05, 0.1) is 16.0 Å². The average molecular weight is 399 g/mol. The molecule has 0 radical (unpaired) electrons. The summed E-state index contributed by atoms with van der Waals surface area (Å²) in [6.45, 7) is 1.89. The van der Waals surface area contributed by atoms with Crippen LogP contribution in [0.4, 0.5) is 0 Å². The van der Waals surface area contributed by atoms with Gasteiger partial charge >= 0.3 is 0 Å². The van der Waals surface area contributed by atoms with Crippen LogP contribution in [0.2, 0.25) is 0 Å². The molecule has 0 atom stereocenters. The zero-order valence-electron chi connectivity index (χ0n) is 15.7. The summed E-state index contributed by atoms with van der Waals surface area (Å²) < 4.78 is 27.5. The second kappa shape index (κ2) is 7.42. The standard InChI is InChI=1S/C24H17NO3S/c1-18-11-14-20(15-12-18)29(27,28)25-17-22(21-9-5-6-10-23(21)25)24(26)16-13-19-7-3-2-4-8-19/h2-12,14-15,17H,1H3. The van der Waals surface area contributed by atoms with Crippen molar-refractivity contribution >= 4 is 26.7 Å². The van der Waals surface area contributed by atoms with Gasteiger partial charge in [0.2, 0.25) is 5.78 Å². The highest BCUT2D eigenvalue weighted by Gasteiger charge is 2.23. The van der Waals surface area contributed by atoms with E-state index in [9.17, 15) is 13.2 Å². The Bertz CT molecular complexity index is 1370. The zero-order chi connectivity index (χ0) is 20.4. The topological polar surface area (TPSA) is 56.1 Å². The Hall–Kier alpha value is -3.62. The van der Waals surface area contributed by atoms with Crippen molar-refractivity contribution in [3.05, 3.63) is 102 Å². The molecule has 4 nitrogen and oxygen atoms in total. The highest BCUT2D eigenvalue weighted by atomic mass is 32.2. The Morgan fingerprint density at radius 1 is 0.862 bits per heavy atom. The van der Waals surface area contributed by atoms with Crippen molar-refractivity contribution in [1.82, 2.24) is 3.97 Å². The van der Waals surface area contributed by atoms with Gasteiger partial charge in [-0.1, -0.05) is 60.0 Å². The van der Waals surface area contributed by atoms with E-state index in [4.69, 9.17) is 0 Å². The summed E-state index contributed by atoms with van der Waals surface area (Å²) in [5, 5.41) is 0.551. The lowest BCUT2D eigenvalue weighted by Crippen LogP contribution is -2.12. The first kappa shape index (κ1) is 18.7. The van der Waals surface area contributed by atoms with Gasteiger partial charge in [0.25, 0.3) is 10.0 Å². The van der Waals surface area contributed by atoms with Crippen LogP contribution < -0.4 is 0 Å². The number of ketones is 1. The molecule has 142 valence electrons. The third-order valence-electron chi connectivity index (χ3n) is 4.59. The molecular formula is C24H17NO3S. The van der Waals surface area contributed by atoms with Crippen LogP contribution in [0.15, 0.2) is 90.0 Å². The number of aromatic nitrogens is 1. The van der Waals surface area contributed by atoms with Crippen LogP contribution in [0.25, 0.3) is 10.9 Å². The summed E-state index contributed by atoms with van der Waals surface area (Å²) in [5.74, 6) is 5.03. The van der Waals surface area contributed by atoms with E-state index < -0.39 is 15.8 Å². The van der Waals surface area contributed by atoms with Crippen LogP contribution in [-0.2, 0) is 10.0 Å². The highest BCUT2D eigenvalue weighted by molar-refractivity contribution is 7.90. The molecule has 0 saturated carbocycles. The molecule has 0 saturated heterocycles. The molecule has 5 heteroatoms. The molecule has 0 amide bonds. The van der Waals surface area contributed by atoms with Gasteiger partial charge in [-0.15, -0.1) is 0 Å². The maximum absolute atomic E-state index is 13.2. The molecule has 0 fully saturated rings. The molecule has 4 aromatic rings. The van der Waals surface area contributed by atoms with E-state index in [1.54, 1.807) is 48.5 Å². The van der Waals surface area contributed by atoms with Gasteiger partial charge in [-0.3, -0.25) is 4.79 Å². The first-order chi connectivity index (χ1) is 14.0. The maximum atomic E-state index is 13.2. The van der Waals surface area contributed by atoms with E-state index in [1.165, 1.54) is 6.20 Å². The fourth-order valence-corrected chi connectivity index (χ4v) is 4.44. The first-order valence-electron chi connectivity index (χ1n) is 9.00. The molecule has 0 aliphatic heterocycles. The molecule has 1 heterocycles. The number of carbonyl (C=O) groups is 1. The number of fused-ring (bicyclic) bond motifs is 1. The number of para-hydroxylation sites is 1. The lowest BCUT2D eigenvalue weighted by Gasteiger charge is -2.07. The van der Waals surface area contributed by atoms with Gasteiger partial charge < -0.3 is 0 Å². The lowest BCUT2D eigenvalue weighted by atomic mass is 10.1. The van der Waals surface area contributed by atoms with E-state index >= 15 is 0 Å². The summed E-state index contributed by atoms with van der Waals surface area (Å²) >= 11 is 0.